The summed E-state index contributed by atoms with van der Waals surface area (Å²) >= 11 is 3.55. The Kier molecular flexibility index (Phi) is 6.55. The largest absolute Gasteiger partial charge is 0.312 e. The molecule has 2 atom stereocenters. The summed E-state index contributed by atoms with van der Waals surface area (Å²) < 4.78 is 2.09. The number of nitrogens with zero attached hydrogens (tertiary/aromatic N) is 4. The molecule has 0 aromatic carbocycles. The maximum absolute atomic E-state index is 13.2. The molecule has 0 unspecified atom stereocenters. The van der Waals surface area contributed by atoms with Gasteiger partial charge in [0.1, 0.15) is 0 Å². The molecule has 2 aliphatic heterocycles. The van der Waals surface area contributed by atoms with Crippen molar-refractivity contribution in [3.63, 3.8) is 0 Å². The summed E-state index contributed by atoms with van der Waals surface area (Å²) in [6, 6.07) is 4.29. The predicted octanol–water partition coefficient (Wildman–Crippen LogP) is 3.11. The van der Waals surface area contributed by atoms with Crippen molar-refractivity contribution in [3.05, 3.63) is 50.3 Å². The summed E-state index contributed by atoms with van der Waals surface area (Å²) in [5.41, 5.74) is 5.30. The maximum atomic E-state index is 13.2. The average molecular weight is 419 g/mol. The van der Waals surface area contributed by atoms with E-state index in [0.29, 0.717) is 18.4 Å². The molecule has 0 spiro atoms. The van der Waals surface area contributed by atoms with Crippen LogP contribution in [-0.2, 0) is 19.6 Å². The molecule has 0 aliphatic carbocycles. The summed E-state index contributed by atoms with van der Waals surface area (Å²) in [5, 5.41) is 2.07. The van der Waals surface area contributed by atoms with E-state index >= 15 is 0 Å². The van der Waals surface area contributed by atoms with Crippen molar-refractivity contribution in [1.29, 1.82) is 0 Å². The van der Waals surface area contributed by atoms with E-state index in [4.69, 9.17) is 0 Å². The van der Waals surface area contributed by atoms with E-state index in [-0.39, 0.29) is 5.56 Å². The predicted molar refractivity (Wildman–Crippen MR) is 118 cm³/mol. The fourth-order valence-corrected chi connectivity index (χ4v) is 5.73. The Balaban J connectivity index is 1.46. The van der Waals surface area contributed by atoms with E-state index in [2.05, 4.69) is 50.2 Å². The van der Waals surface area contributed by atoms with E-state index in [1.165, 1.54) is 30.8 Å². The van der Waals surface area contributed by atoms with Crippen LogP contribution >= 0.6 is 23.1 Å². The van der Waals surface area contributed by atoms with Crippen molar-refractivity contribution >= 4 is 23.1 Å². The second-order valence-electron chi connectivity index (χ2n) is 8.26. The lowest BCUT2D eigenvalue weighted by molar-refractivity contribution is 0.120. The van der Waals surface area contributed by atoms with Gasteiger partial charge in [-0.15, -0.1) is 11.3 Å². The number of fused-ring (bicyclic) bond motifs is 4. The third kappa shape index (κ3) is 4.53. The summed E-state index contributed by atoms with van der Waals surface area (Å²) in [6.07, 6.45) is 4.68. The molecule has 1 fully saturated rings. The van der Waals surface area contributed by atoms with Crippen molar-refractivity contribution in [2.75, 3.05) is 38.7 Å². The number of pyridine rings is 1. The fourth-order valence-electron chi connectivity index (χ4n) is 4.76. The van der Waals surface area contributed by atoms with Gasteiger partial charge in [-0.3, -0.25) is 9.69 Å². The highest BCUT2D eigenvalue weighted by atomic mass is 32.2. The van der Waals surface area contributed by atoms with Crippen LogP contribution < -0.4 is 5.56 Å². The first-order valence-electron chi connectivity index (χ1n) is 10.1. The van der Waals surface area contributed by atoms with Gasteiger partial charge in [0.05, 0.1) is 11.2 Å². The van der Waals surface area contributed by atoms with E-state index in [0.717, 1.165) is 37.4 Å². The SMILES string of the molecule is CSCCCN1C[C@@H]2C[C@H](C1)c1ccc(CN(C)Cc3cscn3)c(=O)n1C2. The minimum atomic E-state index is 0.216. The molecule has 0 radical (unpaired) electrons. The van der Waals surface area contributed by atoms with Gasteiger partial charge in [0.15, 0.2) is 0 Å². The van der Waals surface area contributed by atoms with Crippen molar-refractivity contribution in [2.45, 2.75) is 38.4 Å². The van der Waals surface area contributed by atoms with Crippen molar-refractivity contribution < 1.29 is 0 Å². The normalized spacial score (nSPS) is 21.8. The van der Waals surface area contributed by atoms with Crippen LogP contribution in [0.15, 0.2) is 27.8 Å². The Bertz CT molecular complexity index is 835. The Hall–Kier alpha value is -1.15. The van der Waals surface area contributed by atoms with Gasteiger partial charge in [-0.2, -0.15) is 11.8 Å². The molecule has 0 saturated carbocycles. The molecule has 2 bridgehead atoms. The molecule has 5 nitrogen and oxygen atoms in total. The van der Waals surface area contributed by atoms with Crippen LogP contribution in [-0.4, -0.2) is 58.0 Å². The first kappa shape index (κ1) is 20.1. The van der Waals surface area contributed by atoms with Gasteiger partial charge in [0.25, 0.3) is 5.56 Å². The third-order valence-corrected chi connectivity index (χ3v) is 7.27. The Morgan fingerprint density at radius 2 is 2.18 bits per heavy atom. The number of likely N-dealkylation sites (tertiary alicyclic amines) is 1. The Morgan fingerprint density at radius 1 is 1.29 bits per heavy atom. The second kappa shape index (κ2) is 9.11. The monoisotopic (exact) mass is 418 g/mol. The Morgan fingerprint density at radius 3 is 2.96 bits per heavy atom. The quantitative estimate of drug-likeness (QED) is 0.616. The molecule has 2 aromatic rings. The lowest BCUT2D eigenvalue weighted by atomic mass is 9.83. The minimum absolute atomic E-state index is 0.216. The molecule has 7 heteroatoms. The highest BCUT2D eigenvalue weighted by molar-refractivity contribution is 7.98. The highest BCUT2D eigenvalue weighted by Crippen LogP contribution is 2.35. The first-order chi connectivity index (χ1) is 13.6. The maximum Gasteiger partial charge on any atom is 0.255 e. The lowest BCUT2D eigenvalue weighted by Gasteiger charge is -2.43. The standard InChI is InChI=1S/C21H30N4OS2/c1-23(13-19-14-28-15-22-19)11-17-4-5-20-18-8-16(10-25(20)21(17)26)9-24(12-18)6-3-7-27-2/h4-5,14-16,18H,3,6-13H2,1-2H3/t16-,18+/m0/s1. The number of hydrogen-bond acceptors (Lipinski definition) is 6. The van der Waals surface area contributed by atoms with Gasteiger partial charge in [0.2, 0.25) is 0 Å². The van der Waals surface area contributed by atoms with Crippen LogP contribution in [0, 0.1) is 5.92 Å². The first-order valence-corrected chi connectivity index (χ1v) is 12.5. The molecule has 2 aliphatic rings. The van der Waals surface area contributed by atoms with Gasteiger partial charge < -0.3 is 9.47 Å². The van der Waals surface area contributed by atoms with E-state index in [9.17, 15) is 4.79 Å². The molecule has 4 heterocycles. The number of hydrogen-bond donors (Lipinski definition) is 0. The van der Waals surface area contributed by atoms with E-state index < -0.39 is 0 Å². The molecule has 2 aromatic heterocycles. The van der Waals surface area contributed by atoms with Gasteiger partial charge in [-0.25, -0.2) is 4.98 Å². The molecule has 4 rings (SSSR count). The van der Waals surface area contributed by atoms with Crippen LogP contribution in [0.3, 0.4) is 0 Å². The zero-order chi connectivity index (χ0) is 19.5. The van der Waals surface area contributed by atoms with Crippen molar-refractivity contribution in [2.24, 2.45) is 5.92 Å². The third-order valence-electron chi connectivity index (χ3n) is 5.94. The molecule has 152 valence electrons. The van der Waals surface area contributed by atoms with Crippen LogP contribution in [0.1, 0.15) is 35.7 Å². The highest BCUT2D eigenvalue weighted by Gasteiger charge is 2.34. The molecular weight excluding hydrogens is 388 g/mol. The lowest BCUT2D eigenvalue weighted by Crippen LogP contribution is -2.47. The van der Waals surface area contributed by atoms with Crippen LogP contribution in [0.2, 0.25) is 0 Å². The van der Waals surface area contributed by atoms with Crippen LogP contribution in [0.5, 0.6) is 0 Å². The topological polar surface area (TPSA) is 41.4 Å². The van der Waals surface area contributed by atoms with Gasteiger partial charge in [-0.05, 0) is 50.4 Å². The summed E-state index contributed by atoms with van der Waals surface area (Å²) in [7, 11) is 2.06. The minimum Gasteiger partial charge on any atom is -0.312 e. The summed E-state index contributed by atoms with van der Waals surface area (Å²) in [4.78, 5) is 22.3. The average Bonchev–Trinajstić information content (AvgIpc) is 3.17. The number of piperidine rings is 1. The summed E-state index contributed by atoms with van der Waals surface area (Å²) in [5.74, 6) is 2.36. The number of thioether (sulfide) groups is 1. The molecule has 1 saturated heterocycles. The zero-order valence-electron chi connectivity index (χ0n) is 16.8. The molecule has 0 N–H and O–H groups in total. The van der Waals surface area contributed by atoms with Gasteiger partial charge >= 0.3 is 0 Å². The smallest absolute Gasteiger partial charge is 0.255 e. The summed E-state index contributed by atoms with van der Waals surface area (Å²) in [6.45, 7) is 5.77. The number of rotatable bonds is 8. The second-order valence-corrected chi connectivity index (χ2v) is 9.96. The van der Waals surface area contributed by atoms with Crippen LogP contribution in [0.25, 0.3) is 0 Å². The zero-order valence-corrected chi connectivity index (χ0v) is 18.5. The van der Waals surface area contributed by atoms with E-state index in [1.54, 1.807) is 11.3 Å². The van der Waals surface area contributed by atoms with Crippen molar-refractivity contribution in [3.8, 4) is 0 Å². The fraction of sp³-hybridized carbons (Fsp3) is 0.619. The van der Waals surface area contributed by atoms with Crippen molar-refractivity contribution in [1.82, 2.24) is 19.4 Å². The van der Waals surface area contributed by atoms with E-state index in [1.807, 2.05) is 17.3 Å². The number of thiazole rings is 1. The molecular formula is C21H30N4OS2. The Labute approximate surface area is 175 Å². The van der Waals surface area contributed by atoms with Crippen LogP contribution in [0.4, 0.5) is 0 Å². The molecule has 28 heavy (non-hydrogen) atoms. The number of aromatic nitrogens is 2. The molecule has 0 amide bonds. The van der Waals surface area contributed by atoms with Gasteiger partial charge in [0, 0.05) is 55.3 Å². The van der Waals surface area contributed by atoms with Gasteiger partial charge in [-0.1, -0.05) is 6.07 Å².